The van der Waals surface area contributed by atoms with Gasteiger partial charge in [0.1, 0.15) is 12.4 Å². The lowest BCUT2D eigenvalue weighted by atomic mass is 9.93. The number of aliphatic carboxylic acids is 1. The van der Waals surface area contributed by atoms with Crippen LogP contribution in [-0.4, -0.2) is 72.3 Å². The zero-order valence-electron chi connectivity index (χ0n) is 24.0. The monoisotopic (exact) mass is 576 g/mol. The number of aryl methyl sites for hydroxylation is 1. The van der Waals surface area contributed by atoms with E-state index in [1.54, 1.807) is 18.9 Å². The van der Waals surface area contributed by atoms with Crippen molar-refractivity contribution in [2.45, 2.75) is 50.9 Å². The molecule has 0 spiro atoms. The predicted octanol–water partition coefficient (Wildman–Crippen LogP) is 5.66. The summed E-state index contributed by atoms with van der Waals surface area (Å²) in [5, 5.41) is 12.4. The molecule has 218 valence electrons. The number of benzene rings is 3. The lowest BCUT2D eigenvalue weighted by Crippen LogP contribution is -2.37. The van der Waals surface area contributed by atoms with E-state index in [1.165, 1.54) is 0 Å². The van der Waals surface area contributed by atoms with Crippen LogP contribution in [-0.2, 0) is 16.1 Å². The third-order valence-corrected chi connectivity index (χ3v) is 8.23. The van der Waals surface area contributed by atoms with Crippen molar-refractivity contribution >= 4 is 23.6 Å². The van der Waals surface area contributed by atoms with Crippen LogP contribution in [0.15, 0.2) is 72.8 Å². The van der Waals surface area contributed by atoms with Gasteiger partial charge in [0.15, 0.2) is 0 Å². The van der Waals surface area contributed by atoms with Crippen LogP contribution >= 0.6 is 11.8 Å². The Bertz CT molecular complexity index is 1300. The molecule has 4 rings (SSSR count). The standard InChI is InChI=1S/C33H40N2O5S/c1-23-9-7-8-12-29(23)31-17-24(13-14-30(31)33(38)34-25(15-16-41-3)18-32(36)37)20-35-21-28(39-2)19-26(35)22-40-27-10-5-4-6-11-27/h4-14,17,25-26,28H,15-16,18-22H2,1-3H3,(H,34,38)(H,36,37). The summed E-state index contributed by atoms with van der Waals surface area (Å²) in [4.78, 5) is 27.4. The second-order valence-electron chi connectivity index (χ2n) is 10.5. The number of ether oxygens (including phenoxy) is 2. The Kier molecular flexibility index (Phi) is 11.2. The number of carbonyl (C=O) groups excluding carboxylic acids is 1. The number of amides is 1. The number of likely N-dealkylation sites (tertiary alicyclic amines) is 1. The van der Waals surface area contributed by atoms with Crippen molar-refractivity contribution in [1.82, 2.24) is 10.2 Å². The number of hydrogen-bond acceptors (Lipinski definition) is 6. The van der Waals surface area contributed by atoms with Crippen LogP contribution in [0.2, 0.25) is 0 Å². The van der Waals surface area contributed by atoms with Crippen LogP contribution < -0.4 is 10.1 Å². The Morgan fingerprint density at radius 3 is 2.54 bits per heavy atom. The molecular weight excluding hydrogens is 536 g/mol. The highest BCUT2D eigenvalue weighted by atomic mass is 32.2. The Morgan fingerprint density at radius 2 is 1.83 bits per heavy atom. The van der Waals surface area contributed by atoms with E-state index in [-0.39, 0.29) is 24.5 Å². The number of carboxylic acid groups (broad SMARTS) is 1. The van der Waals surface area contributed by atoms with E-state index in [0.29, 0.717) is 25.1 Å². The van der Waals surface area contributed by atoms with Crippen molar-refractivity contribution in [2.75, 3.05) is 32.3 Å². The van der Waals surface area contributed by atoms with Gasteiger partial charge < -0.3 is 19.9 Å². The third kappa shape index (κ3) is 8.58. The largest absolute Gasteiger partial charge is 0.492 e. The van der Waals surface area contributed by atoms with Crippen LogP contribution in [0.3, 0.4) is 0 Å². The number of rotatable bonds is 14. The molecule has 0 aromatic heterocycles. The van der Waals surface area contributed by atoms with Gasteiger partial charge in [0, 0.05) is 37.8 Å². The van der Waals surface area contributed by atoms with Crippen molar-refractivity contribution in [3.8, 4) is 16.9 Å². The molecule has 3 aromatic carbocycles. The van der Waals surface area contributed by atoms with E-state index in [0.717, 1.165) is 46.7 Å². The zero-order chi connectivity index (χ0) is 29.2. The zero-order valence-corrected chi connectivity index (χ0v) is 24.9. The van der Waals surface area contributed by atoms with E-state index in [4.69, 9.17) is 9.47 Å². The van der Waals surface area contributed by atoms with Crippen molar-refractivity contribution in [3.05, 3.63) is 89.5 Å². The summed E-state index contributed by atoms with van der Waals surface area (Å²) in [6, 6.07) is 23.6. The topological polar surface area (TPSA) is 88.1 Å². The maximum absolute atomic E-state index is 13.6. The molecule has 1 aliphatic heterocycles. The molecule has 3 unspecified atom stereocenters. The molecule has 0 saturated carbocycles. The van der Waals surface area contributed by atoms with Crippen molar-refractivity contribution in [3.63, 3.8) is 0 Å². The molecule has 0 aliphatic carbocycles. The number of nitrogens with zero attached hydrogens (tertiary/aromatic N) is 1. The quantitative estimate of drug-likeness (QED) is 0.256. The average molecular weight is 577 g/mol. The van der Waals surface area contributed by atoms with E-state index in [9.17, 15) is 14.7 Å². The fourth-order valence-corrected chi connectivity index (χ4v) is 5.88. The van der Waals surface area contributed by atoms with Gasteiger partial charge in [-0.25, -0.2) is 0 Å². The fraction of sp³-hybridized carbons (Fsp3) is 0.394. The van der Waals surface area contributed by atoms with Gasteiger partial charge in [-0.1, -0.05) is 48.5 Å². The number of thioether (sulfide) groups is 1. The van der Waals surface area contributed by atoms with Crippen molar-refractivity contribution in [2.24, 2.45) is 0 Å². The first-order valence-corrected chi connectivity index (χ1v) is 15.4. The van der Waals surface area contributed by atoms with Crippen molar-refractivity contribution in [1.29, 1.82) is 0 Å². The maximum Gasteiger partial charge on any atom is 0.305 e. The van der Waals surface area contributed by atoms with E-state index >= 15 is 0 Å². The van der Waals surface area contributed by atoms with Crippen LogP contribution in [0.4, 0.5) is 0 Å². The lowest BCUT2D eigenvalue weighted by molar-refractivity contribution is -0.137. The second-order valence-corrected chi connectivity index (χ2v) is 11.5. The molecule has 1 amide bonds. The maximum atomic E-state index is 13.6. The summed E-state index contributed by atoms with van der Waals surface area (Å²) in [6.07, 6.45) is 3.48. The van der Waals surface area contributed by atoms with Crippen LogP contribution in [0.25, 0.3) is 11.1 Å². The molecule has 0 bridgehead atoms. The molecule has 3 aromatic rings. The predicted molar refractivity (Wildman–Crippen MR) is 165 cm³/mol. The van der Waals surface area contributed by atoms with Gasteiger partial charge in [0.05, 0.1) is 12.5 Å². The normalized spacial score (nSPS) is 17.7. The summed E-state index contributed by atoms with van der Waals surface area (Å²) in [5.41, 5.74) is 4.53. The Balaban J connectivity index is 1.58. The summed E-state index contributed by atoms with van der Waals surface area (Å²) in [6.45, 7) is 4.10. The number of methoxy groups -OCH3 is 1. The minimum Gasteiger partial charge on any atom is -0.492 e. The molecule has 1 fully saturated rings. The molecule has 0 radical (unpaired) electrons. The highest BCUT2D eigenvalue weighted by Crippen LogP contribution is 2.30. The molecule has 1 heterocycles. The summed E-state index contributed by atoms with van der Waals surface area (Å²) < 4.78 is 11.8. The molecule has 1 aliphatic rings. The second kappa shape index (κ2) is 15.1. The first kappa shape index (κ1) is 30.6. The minimum atomic E-state index is -0.920. The van der Waals surface area contributed by atoms with Gasteiger partial charge >= 0.3 is 5.97 Å². The first-order chi connectivity index (χ1) is 19.9. The Hall–Kier alpha value is -3.33. The molecule has 41 heavy (non-hydrogen) atoms. The van der Waals surface area contributed by atoms with E-state index < -0.39 is 12.0 Å². The van der Waals surface area contributed by atoms with Crippen LogP contribution in [0, 0.1) is 6.92 Å². The van der Waals surface area contributed by atoms with Gasteiger partial charge in [-0.3, -0.25) is 14.5 Å². The number of hydrogen-bond donors (Lipinski definition) is 2. The summed E-state index contributed by atoms with van der Waals surface area (Å²) in [7, 11) is 1.75. The minimum absolute atomic E-state index is 0.105. The Morgan fingerprint density at radius 1 is 1.07 bits per heavy atom. The molecule has 3 atom stereocenters. The van der Waals surface area contributed by atoms with Gasteiger partial charge in [-0.05, 0) is 78.3 Å². The highest BCUT2D eigenvalue weighted by Gasteiger charge is 2.33. The number of carboxylic acids is 1. The van der Waals surface area contributed by atoms with Crippen LogP contribution in [0.1, 0.15) is 40.7 Å². The molecular formula is C33H40N2O5S. The van der Waals surface area contributed by atoms with Gasteiger partial charge in [0.2, 0.25) is 0 Å². The third-order valence-electron chi connectivity index (χ3n) is 7.58. The SMILES string of the molecule is COC1CC(COc2ccccc2)N(Cc2ccc(C(=O)NC(CCSC)CC(=O)O)c(-c3ccccc3C)c2)C1. The summed E-state index contributed by atoms with van der Waals surface area (Å²) in [5.74, 6) is 0.452. The van der Waals surface area contributed by atoms with Gasteiger partial charge in [-0.2, -0.15) is 11.8 Å². The van der Waals surface area contributed by atoms with Crippen molar-refractivity contribution < 1.29 is 24.2 Å². The molecule has 2 N–H and O–H groups in total. The highest BCUT2D eigenvalue weighted by molar-refractivity contribution is 7.98. The summed E-state index contributed by atoms with van der Waals surface area (Å²) >= 11 is 1.64. The smallest absolute Gasteiger partial charge is 0.305 e. The molecule has 7 nitrogen and oxygen atoms in total. The van der Waals surface area contributed by atoms with E-state index in [1.807, 2.05) is 79.9 Å². The van der Waals surface area contributed by atoms with Crippen LogP contribution in [0.5, 0.6) is 5.75 Å². The molecule has 1 saturated heterocycles. The first-order valence-electron chi connectivity index (χ1n) is 14.0. The fourth-order valence-electron chi connectivity index (χ4n) is 5.36. The Labute approximate surface area is 247 Å². The number of para-hydroxylation sites is 1. The van der Waals surface area contributed by atoms with Gasteiger partial charge in [-0.15, -0.1) is 0 Å². The van der Waals surface area contributed by atoms with E-state index in [2.05, 4.69) is 16.3 Å². The lowest BCUT2D eigenvalue weighted by Gasteiger charge is -2.25. The molecule has 8 heteroatoms. The number of nitrogens with one attached hydrogen (secondary N) is 1. The van der Waals surface area contributed by atoms with Gasteiger partial charge in [0.25, 0.3) is 5.91 Å². The average Bonchev–Trinajstić information content (AvgIpc) is 3.36. The number of carbonyl (C=O) groups is 2.